The van der Waals surface area contributed by atoms with Crippen molar-refractivity contribution in [2.24, 2.45) is 5.73 Å². The van der Waals surface area contributed by atoms with Crippen molar-refractivity contribution in [3.8, 4) is 11.8 Å². The zero-order valence-corrected chi connectivity index (χ0v) is 12.1. The zero-order chi connectivity index (χ0) is 16.0. The Balaban J connectivity index is 1.92. The van der Waals surface area contributed by atoms with E-state index in [0.717, 1.165) is 16.6 Å². The number of nitrogens with two attached hydrogens (primary N) is 1. The third kappa shape index (κ3) is 1.91. The second kappa shape index (κ2) is 4.78. The largest absolute Gasteiger partial charge is 0.508 e. The molecule has 0 spiro atoms. The molecule has 4 rings (SSSR count). The number of rotatable bonds is 1. The first-order chi connectivity index (χ1) is 11.2. The number of hydrogen-bond acceptors (Lipinski definition) is 5. The van der Waals surface area contributed by atoms with Gasteiger partial charge in [-0.25, -0.2) is 4.98 Å². The van der Waals surface area contributed by atoms with Gasteiger partial charge in [0.15, 0.2) is 0 Å². The Morgan fingerprint density at radius 2 is 1.91 bits per heavy atom. The number of para-hydroxylation sites is 2. The molecule has 0 radical (unpaired) electrons. The lowest BCUT2D eigenvalue weighted by atomic mass is 9.98. The number of hydrogen-bond donors (Lipinski definition) is 3. The van der Waals surface area contributed by atoms with E-state index in [1.165, 1.54) is 0 Å². The van der Waals surface area contributed by atoms with Crippen LogP contribution >= 0.6 is 0 Å². The molecule has 0 amide bonds. The van der Waals surface area contributed by atoms with Crippen LogP contribution in [0.5, 0.6) is 5.75 Å². The molecule has 2 aromatic carbocycles. The highest BCUT2D eigenvalue weighted by molar-refractivity contribution is 5.85. The van der Waals surface area contributed by atoms with Crippen molar-refractivity contribution in [1.29, 1.82) is 5.26 Å². The summed E-state index contributed by atoms with van der Waals surface area (Å²) in [5, 5.41) is 22.3. The Kier molecular flexibility index (Phi) is 2.75. The number of fused-ring (bicyclic) bond motifs is 3. The fourth-order valence-corrected chi connectivity index (χ4v) is 2.87. The molecule has 0 fully saturated rings. The van der Waals surface area contributed by atoms with Crippen LogP contribution in [0.2, 0.25) is 0 Å². The van der Waals surface area contributed by atoms with Gasteiger partial charge in [0.1, 0.15) is 17.6 Å². The molecular formula is C17H13N5O. The predicted molar refractivity (Wildman–Crippen MR) is 87.2 cm³/mol. The monoisotopic (exact) mass is 303 g/mol. The van der Waals surface area contributed by atoms with Crippen LogP contribution < -0.4 is 11.1 Å². The van der Waals surface area contributed by atoms with Gasteiger partial charge in [0.25, 0.3) is 0 Å². The maximum atomic E-state index is 9.57. The maximum absolute atomic E-state index is 9.57. The summed E-state index contributed by atoms with van der Waals surface area (Å²) in [5.74, 6) is 1.14. The van der Waals surface area contributed by atoms with Crippen molar-refractivity contribution < 1.29 is 5.11 Å². The Morgan fingerprint density at radius 1 is 1.17 bits per heavy atom. The normalized spacial score (nSPS) is 16.7. The van der Waals surface area contributed by atoms with Gasteiger partial charge in [0.05, 0.1) is 22.6 Å². The molecule has 4 N–H and O–H groups in total. The van der Waals surface area contributed by atoms with E-state index in [0.29, 0.717) is 17.3 Å². The molecule has 1 aromatic heterocycles. The summed E-state index contributed by atoms with van der Waals surface area (Å²) < 4.78 is 1.75. The maximum Gasteiger partial charge on any atom is 0.210 e. The number of imidazole rings is 1. The van der Waals surface area contributed by atoms with E-state index in [1.807, 2.05) is 24.3 Å². The van der Waals surface area contributed by atoms with E-state index >= 15 is 0 Å². The third-order valence-electron chi connectivity index (χ3n) is 3.99. The van der Waals surface area contributed by atoms with E-state index < -0.39 is 6.04 Å². The topological polar surface area (TPSA) is 99.9 Å². The highest BCUT2D eigenvalue weighted by Crippen LogP contribution is 2.36. The Morgan fingerprint density at radius 3 is 2.65 bits per heavy atom. The fourth-order valence-electron chi connectivity index (χ4n) is 2.87. The average molecular weight is 303 g/mol. The second-order valence-electron chi connectivity index (χ2n) is 5.34. The number of phenolic OH excluding ortho intramolecular Hbond substituents is 1. The summed E-state index contributed by atoms with van der Waals surface area (Å²) in [6.45, 7) is 0. The van der Waals surface area contributed by atoms with Crippen LogP contribution in [0.15, 0.2) is 54.1 Å². The minimum absolute atomic E-state index is 0.173. The molecule has 3 aromatic rings. The molecule has 0 saturated heterocycles. The van der Waals surface area contributed by atoms with E-state index in [1.54, 1.807) is 28.8 Å². The summed E-state index contributed by atoms with van der Waals surface area (Å²) in [6.07, 6.45) is 0. The molecule has 6 nitrogen and oxygen atoms in total. The predicted octanol–water partition coefficient (Wildman–Crippen LogP) is 2.56. The van der Waals surface area contributed by atoms with Crippen LogP contribution in [0.1, 0.15) is 11.6 Å². The lowest BCUT2D eigenvalue weighted by Gasteiger charge is -2.26. The molecule has 0 saturated carbocycles. The molecule has 1 aliphatic rings. The molecule has 0 bridgehead atoms. The summed E-state index contributed by atoms with van der Waals surface area (Å²) in [6, 6.07) is 16.1. The number of aromatic nitrogens is 2. The first-order valence-electron chi connectivity index (χ1n) is 7.12. The zero-order valence-electron chi connectivity index (χ0n) is 12.1. The highest BCUT2D eigenvalue weighted by atomic mass is 16.3. The summed E-state index contributed by atoms with van der Waals surface area (Å²) in [5.41, 5.74) is 9.17. The van der Waals surface area contributed by atoms with E-state index in [-0.39, 0.29) is 5.75 Å². The number of phenols is 1. The number of aromatic hydroxyl groups is 1. The molecular weight excluding hydrogens is 290 g/mol. The molecule has 0 unspecified atom stereocenters. The van der Waals surface area contributed by atoms with Crippen LogP contribution in [-0.4, -0.2) is 14.7 Å². The fraction of sp³-hybridized carbons (Fsp3) is 0.0588. The van der Waals surface area contributed by atoms with Crippen LogP contribution in [0.4, 0.5) is 5.95 Å². The van der Waals surface area contributed by atoms with Crippen molar-refractivity contribution in [3.05, 3.63) is 59.7 Å². The van der Waals surface area contributed by atoms with Crippen molar-refractivity contribution >= 4 is 22.8 Å². The Bertz CT molecular complexity index is 978. The Hall–Kier alpha value is -3.46. The number of anilines is 1. The lowest BCUT2D eigenvalue weighted by Crippen LogP contribution is -2.26. The number of nitrogens with zero attached hydrogens (tertiary/aromatic N) is 3. The second-order valence-corrected chi connectivity index (χ2v) is 5.34. The number of nitrogens with one attached hydrogen (secondary N) is 1. The van der Waals surface area contributed by atoms with Gasteiger partial charge >= 0.3 is 0 Å². The standard InChI is InChI=1S/C17H13N5O/c18-9-12-15(10-5-7-11(23)8-6-10)21-17-20-13-3-1-2-4-14(13)22(17)16(12)19/h1-8,15,23H,19H2,(H,20,21)/t15-/m1/s1. The van der Waals surface area contributed by atoms with Gasteiger partial charge in [-0.1, -0.05) is 24.3 Å². The molecule has 6 heteroatoms. The van der Waals surface area contributed by atoms with Gasteiger partial charge in [-0.15, -0.1) is 0 Å². The average Bonchev–Trinajstić information content (AvgIpc) is 2.94. The molecule has 1 atom stereocenters. The minimum atomic E-state index is -0.398. The summed E-state index contributed by atoms with van der Waals surface area (Å²) in [4.78, 5) is 4.54. The first kappa shape index (κ1) is 13.2. The van der Waals surface area contributed by atoms with Gasteiger partial charge in [-0.2, -0.15) is 5.26 Å². The molecule has 112 valence electrons. The quantitative estimate of drug-likeness (QED) is 0.641. The molecule has 2 heterocycles. The van der Waals surface area contributed by atoms with Crippen LogP contribution in [-0.2, 0) is 0 Å². The minimum Gasteiger partial charge on any atom is -0.508 e. The highest BCUT2D eigenvalue weighted by Gasteiger charge is 2.29. The van der Waals surface area contributed by atoms with Crippen molar-refractivity contribution in [3.63, 3.8) is 0 Å². The molecule has 1 aliphatic heterocycles. The van der Waals surface area contributed by atoms with Gasteiger partial charge in [-0.3, -0.25) is 4.57 Å². The number of benzene rings is 2. The van der Waals surface area contributed by atoms with Crippen molar-refractivity contribution in [2.75, 3.05) is 5.32 Å². The third-order valence-corrected chi connectivity index (χ3v) is 3.99. The van der Waals surface area contributed by atoms with Gasteiger partial charge in [0.2, 0.25) is 5.95 Å². The van der Waals surface area contributed by atoms with E-state index in [4.69, 9.17) is 5.73 Å². The van der Waals surface area contributed by atoms with Gasteiger partial charge in [-0.05, 0) is 29.8 Å². The smallest absolute Gasteiger partial charge is 0.210 e. The first-order valence-corrected chi connectivity index (χ1v) is 7.12. The molecule has 23 heavy (non-hydrogen) atoms. The van der Waals surface area contributed by atoms with E-state index in [2.05, 4.69) is 16.4 Å². The summed E-state index contributed by atoms with van der Waals surface area (Å²) >= 11 is 0. The van der Waals surface area contributed by atoms with Crippen molar-refractivity contribution in [1.82, 2.24) is 9.55 Å². The van der Waals surface area contributed by atoms with Crippen LogP contribution in [0.25, 0.3) is 16.9 Å². The van der Waals surface area contributed by atoms with Crippen LogP contribution in [0, 0.1) is 11.3 Å². The lowest BCUT2D eigenvalue weighted by molar-refractivity contribution is 0.475. The molecule has 0 aliphatic carbocycles. The van der Waals surface area contributed by atoms with Gasteiger partial charge < -0.3 is 16.2 Å². The van der Waals surface area contributed by atoms with Crippen molar-refractivity contribution in [2.45, 2.75) is 6.04 Å². The van der Waals surface area contributed by atoms with E-state index in [9.17, 15) is 10.4 Å². The van der Waals surface area contributed by atoms with Crippen LogP contribution in [0.3, 0.4) is 0 Å². The van der Waals surface area contributed by atoms with Gasteiger partial charge in [0, 0.05) is 0 Å². The summed E-state index contributed by atoms with van der Waals surface area (Å²) in [7, 11) is 0. The Labute approximate surface area is 132 Å². The number of nitriles is 1. The SMILES string of the molecule is N#CC1=C(N)n2c(nc3ccccc32)N[C@@H]1c1ccc(O)cc1.